The predicted molar refractivity (Wildman–Crippen MR) is 83.1 cm³/mol. The summed E-state index contributed by atoms with van der Waals surface area (Å²) >= 11 is 1.59. The van der Waals surface area contributed by atoms with E-state index in [2.05, 4.69) is 27.5 Å². The van der Waals surface area contributed by atoms with E-state index < -0.39 is 0 Å². The molecular weight excluding hydrogens is 274 g/mol. The zero-order valence-corrected chi connectivity index (χ0v) is 12.3. The van der Waals surface area contributed by atoms with Crippen LogP contribution in [-0.4, -0.2) is 29.0 Å². The van der Waals surface area contributed by atoms with Crippen molar-refractivity contribution in [3.8, 4) is 0 Å². The first kappa shape index (κ1) is 14.5. The van der Waals surface area contributed by atoms with Gasteiger partial charge in [-0.25, -0.2) is 4.98 Å². The molecular formula is C13H19N5OS. The van der Waals surface area contributed by atoms with Crippen LogP contribution in [0.1, 0.15) is 26.2 Å². The van der Waals surface area contributed by atoms with Crippen molar-refractivity contribution in [1.29, 1.82) is 0 Å². The second-order valence-electron chi connectivity index (χ2n) is 4.46. The molecule has 0 aromatic carbocycles. The molecule has 0 fully saturated rings. The number of amides is 1. The summed E-state index contributed by atoms with van der Waals surface area (Å²) in [5.74, 6) is 1.17. The van der Waals surface area contributed by atoms with Crippen molar-refractivity contribution in [3.05, 3.63) is 11.4 Å². The molecule has 2 rings (SSSR count). The fraction of sp³-hybridized carbons (Fsp3) is 0.462. The van der Waals surface area contributed by atoms with Gasteiger partial charge in [0.1, 0.15) is 10.6 Å². The number of nitrogens with one attached hydrogen (secondary N) is 2. The third-order valence-corrected chi connectivity index (χ3v) is 3.56. The van der Waals surface area contributed by atoms with E-state index in [1.54, 1.807) is 11.3 Å². The lowest BCUT2D eigenvalue weighted by Gasteiger charge is -2.09. The molecule has 0 aliphatic heterocycles. The van der Waals surface area contributed by atoms with Crippen molar-refractivity contribution >= 4 is 39.2 Å². The van der Waals surface area contributed by atoms with Crippen molar-refractivity contribution in [2.45, 2.75) is 26.2 Å². The van der Waals surface area contributed by atoms with Gasteiger partial charge in [0.15, 0.2) is 0 Å². The summed E-state index contributed by atoms with van der Waals surface area (Å²) in [4.78, 5) is 20.6. The predicted octanol–water partition coefficient (Wildman–Crippen LogP) is 2.19. The lowest BCUT2D eigenvalue weighted by Crippen LogP contribution is -2.13. The number of thiophene rings is 1. The zero-order chi connectivity index (χ0) is 14.4. The summed E-state index contributed by atoms with van der Waals surface area (Å²) in [6.07, 6.45) is 2.10. The minimum absolute atomic E-state index is 0.277. The molecule has 0 bridgehead atoms. The molecule has 0 aliphatic carbocycles. The van der Waals surface area contributed by atoms with Crippen molar-refractivity contribution < 1.29 is 4.79 Å². The summed E-state index contributed by atoms with van der Waals surface area (Å²) < 4.78 is 0. The average Bonchev–Trinajstić information content (AvgIpc) is 2.89. The van der Waals surface area contributed by atoms with E-state index >= 15 is 0 Å². The third kappa shape index (κ3) is 3.80. The second-order valence-corrected chi connectivity index (χ2v) is 5.35. The van der Waals surface area contributed by atoms with Crippen molar-refractivity contribution in [1.82, 2.24) is 9.97 Å². The van der Waals surface area contributed by atoms with Gasteiger partial charge in [-0.05, 0) is 24.3 Å². The van der Waals surface area contributed by atoms with Crippen molar-refractivity contribution in [3.63, 3.8) is 0 Å². The van der Waals surface area contributed by atoms with Crippen LogP contribution in [0.4, 0.5) is 11.8 Å². The molecule has 0 saturated carbocycles. The molecule has 2 aromatic rings. The Kier molecular flexibility index (Phi) is 5.11. The van der Waals surface area contributed by atoms with E-state index in [1.807, 2.05) is 11.4 Å². The summed E-state index contributed by atoms with van der Waals surface area (Å²) in [7, 11) is 0. The van der Waals surface area contributed by atoms with Gasteiger partial charge in [0.25, 0.3) is 0 Å². The Morgan fingerprint density at radius 1 is 1.35 bits per heavy atom. The van der Waals surface area contributed by atoms with Crippen molar-refractivity contribution in [2.24, 2.45) is 5.73 Å². The van der Waals surface area contributed by atoms with E-state index in [9.17, 15) is 4.79 Å². The number of aromatic nitrogens is 2. The van der Waals surface area contributed by atoms with Crippen LogP contribution in [0.2, 0.25) is 0 Å². The van der Waals surface area contributed by atoms with E-state index in [0.29, 0.717) is 25.3 Å². The fourth-order valence-corrected chi connectivity index (χ4v) is 2.54. The molecule has 20 heavy (non-hydrogen) atoms. The Bertz CT molecular complexity index is 583. The normalized spacial score (nSPS) is 10.7. The topological polar surface area (TPSA) is 92.9 Å². The third-order valence-electron chi connectivity index (χ3n) is 2.75. The molecule has 0 saturated heterocycles. The number of nitrogens with two attached hydrogens (primary N) is 1. The first-order valence-electron chi connectivity index (χ1n) is 6.72. The number of hydrogen-bond donors (Lipinski definition) is 3. The molecule has 0 atom stereocenters. The minimum atomic E-state index is -0.277. The Hall–Kier alpha value is -1.89. The Morgan fingerprint density at radius 3 is 2.95 bits per heavy atom. The Balaban J connectivity index is 2.08. The van der Waals surface area contributed by atoms with E-state index in [4.69, 9.17) is 5.73 Å². The van der Waals surface area contributed by atoms with E-state index in [-0.39, 0.29) is 5.91 Å². The maximum atomic E-state index is 10.7. The van der Waals surface area contributed by atoms with Crippen LogP contribution >= 0.6 is 11.3 Å². The molecule has 7 heteroatoms. The van der Waals surface area contributed by atoms with Gasteiger partial charge in [-0.15, -0.1) is 11.3 Å². The number of hydrogen-bond acceptors (Lipinski definition) is 6. The molecule has 0 radical (unpaired) electrons. The quantitative estimate of drug-likeness (QED) is 0.649. The molecule has 0 unspecified atom stereocenters. The lowest BCUT2D eigenvalue weighted by atomic mass is 10.3. The highest BCUT2D eigenvalue weighted by molar-refractivity contribution is 7.16. The minimum Gasteiger partial charge on any atom is -0.370 e. The van der Waals surface area contributed by atoms with Crippen LogP contribution in [0, 0.1) is 0 Å². The summed E-state index contributed by atoms with van der Waals surface area (Å²) in [6.45, 7) is 3.61. The van der Waals surface area contributed by atoms with Crippen LogP contribution in [-0.2, 0) is 4.79 Å². The zero-order valence-electron chi connectivity index (χ0n) is 11.5. The average molecular weight is 293 g/mol. The summed E-state index contributed by atoms with van der Waals surface area (Å²) in [5.41, 5.74) is 5.12. The van der Waals surface area contributed by atoms with Crippen LogP contribution < -0.4 is 16.4 Å². The number of fused-ring (bicyclic) bond motifs is 1. The van der Waals surface area contributed by atoms with Crippen LogP contribution in [0.3, 0.4) is 0 Å². The maximum absolute atomic E-state index is 10.7. The summed E-state index contributed by atoms with van der Waals surface area (Å²) in [6, 6.07) is 2.00. The second kappa shape index (κ2) is 7.04. The number of rotatable bonds is 8. The fourth-order valence-electron chi connectivity index (χ4n) is 1.78. The highest BCUT2D eigenvalue weighted by atomic mass is 32.1. The monoisotopic (exact) mass is 293 g/mol. The van der Waals surface area contributed by atoms with Gasteiger partial charge in [-0.1, -0.05) is 6.92 Å². The largest absolute Gasteiger partial charge is 0.370 e. The van der Waals surface area contributed by atoms with Crippen LogP contribution in [0.5, 0.6) is 0 Å². The van der Waals surface area contributed by atoms with Gasteiger partial charge in [-0.2, -0.15) is 4.98 Å². The lowest BCUT2D eigenvalue weighted by molar-refractivity contribution is -0.118. The van der Waals surface area contributed by atoms with Gasteiger partial charge < -0.3 is 16.4 Å². The van der Waals surface area contributed by atoms with Gasteiger partial charge in [0.05, 0.1) is 5.39 Å². The van der Waals surface area contributed by atoms with Gasteiger partial charge >= 0.3 is 0 Å². The number of anilines is 2. The molecule has 108 valence electrons. The smallest absolute Gasteiger partial charge is 0.226 e. The molecule has 2 heterocycles. The molecule has 2 aromatic heterocycles. The number of primary amides is 1. The molecule has 1 amide bonds. The van der Waals surface area contributed by atoms with Crippen molar-refractivity contribution in [2.75, 3.05) is 23.7 Å². The van der Waals surface area contributed by atoms with E-state index in [1.165, 1.54) is 0 Å². The first-order valence-corrected chi connectivity index (χ1v) is 7.60. The molecule has 6 nitrogen and oxygen atoms in total. The highest BCUT2D eigenvalue weighted by Crippen LogP contribution is 2.26. The first-order chi connectivity index (χ1) is 9.70. The van der Waals surface area contributed by atoms with Crippen LogP contribution in [0.25, 0.3) is 10.2 Å². The Labute approximate surface area is 121 Å². The standard InChI is InChI=1S/C13H19N5OS/c1-2-6-16-13-17-11(15-7-3-4-10(14)19)9-5-8-20-12(9)18-13/h5,8H,2-4,6-7H2,1H3,(H2,14,19)(H2,15,16,17,18). The molecule has 0 spiro atoms. The molecule has 0 aliphatic rings. The van der Waals surface area contributed by atoms with Gasteiger partial charge in [0, 0.05) is 19.5 Å². The van der Waals surface area contributed by atoms with Crippen LogP contribution in [0.15, 0.2) is 11.4 Å². The Morgan fingerprint density at radius 2 is 2.20 bits per heavy atom. The SMILES string of the molecule is CCCNc1nc(NCCCC(N)=O)c2ccsc2n1. The molecule has 4 N–H and O–H groups in total. The number of nitrogens with zero attached hydrogens (tertiary/aromatic N) is 2. The summed E-state index contributed by atoms with van der Waals surface area (Å²) in [5, 5.41) is 9.46. The number of carbonyl (C=O) groups excluding carboxylic acids is 1. The maximum Gasteiger partial charge on any atom is 0.226 e. The van der Waals surface area contributed by atoms with E-state index in [0.717, 1.165) is 29.0 Å². The number of carbonyl (C=O) groups is 1. The highest BCUT2D eigenvalue weighted by Gasteiger charge is 2.08. The van der Waals surface area contributed by atoms with Gasteiger partial charge in [-0.3, -0.25) is 4.79 Å². The van der Waals surface area contributed by atoms with Gasteiger partial charge in [0.2, 0.25) is 11.9 Å².